The van der Waals surface area contributed by atoms with Gasteiger partial charge in [-0.25, -0.2) is 13.2 Å². The van der Waals surface area contributed by atoms with Crippen molar-refractivity contribution in [3.05, 3.63) is 58.9 Å². The van der Waals surface area contributed by atoms with Gasteiger partial charge in [-0.2, -0.15) is 0 Å². The molecule has 0 nitrogen and oxygen atoms in total. The summed E-state index contributed by atoms with van der Waals surface area (Å²) in [6, 6.07) is 8.34. The first-order valence-electron chi connectivity index (χ1n) is 8.28. The van der Waals surface area contributed by atoms with E-state index in [1.54, 1.807) is 12.1 Å². The lowest BCUT2D eigenvalue weighted by atomic mass is 9.99. The molecule has 2 aromatic carbocycles. The van der Waals surface area contributed by atoms with Crippen LogP contribution in [0.25, 0.3) is 11.1 Å². The van der Waals surface area contributed by atoms with Crippen molar-refractivity contribution in [1.29, 1.82) is 0 Å². The van der Waals surface area contributed by atoms with E-state index < -0.39 is 17.5 Å². The Hall–Kier alpha value is -1.77. The molecule has 2 aromatic rings. The predicted octanol–water partition coefficient (Wildman–Crippen LogP) is 6.59. The molecular weight excluding hydrogens is 297 g/mol. The van der Waals surface area contributed by atoms with Gasteiger partial charge in [-0.05, 0) is 37.0 Å². The summed E-state index contributed by atoms with van der Waals surface area (Å²) in [5.74, 6) is -2.82. The number of benzene rings is 2. The summed E-state index contributed by atoms with van der Waals surface area (Å²) in [6.45, 7) is 3.42. The molecule has 0 aliphatic carbocycles. The van der Waals surface area contributed by atoms with E-state index in [1.807, 2.05) is 12.1 Å². The Morgan fingerprint density at radius 1 is 0.826 bits per heavy atom. The second-order valence-electron chi connectivity index (χ2n) is 6.02. The lowest BCUT2D eigenvalue weighted by Gasteiger charge is -2.09. The van der Waals surface area contributed by atoms with E-state index in [9.17, 15) is 13.2 Å². The second-order valence-corrected chi connectivity index (χ2v) is 6.02. The van der Waals surface area contributed by atoms with Gasteiger partial charge in [0, 0.05) is 11.1 Å². The van der Waals surface area contributed by atoms with Crippen LogP contribution in [0.15, 0.2) is 30.3 Å². The van der Waals surface area contributed by atoms with Crippen LogP contribution in [0.1, 0.15) is 50.2 Å². The standard InChI is InChI=1S/C20H23F3/c1-3-4-5-6-7-8-15-9-11-16(12-10-15)17-13-18(21)14(2)19(22)20(17)23/h9-13H,3-8H2,1-2H3. The van der Waals surface area contributed by atoms with Crippen molar-refractivity contribution in [2.45, 2.75) is 52.4 Å². The maximum absolute atomic E-state index is 14.0. The topological polar surface area (TPSA) is 0 Å². The van der Waals surface area contributed by atoms with E-state index in [2.05, 4.69) is 6.92 Å². The van der Waals surface area contributed by atoms with Gasteiger partial charge in [0.25, 0.3) is 0 Å². The number of halogens is 3. The van der Waals surface area contributed by atoms with Crippen molar-refractivity contribution >= 4 is 0 Å². The first-order valence-corrected chi connectivity index (χ1v) is 8.28. The van der Waals surface area contributed by atoms with E-state index in [0.717, 1.165) is 18.9 Å². The monoisotopic (exact) mass is 320 g/mol. The molecule has 0 fully saturated rings. The number of unbranched alkanes of at least 4 members (excludes halogenated alkanes) is 4. The highest BCUT2D eigenvalue weighted by atomic mass is 19.2. The normalized spacial score (nSPS) is 11.0. The number of hydrogen-bond acceptors (Lipinski definition) is 0. The molecule has 0 N–H and O–H groups in total. The minimum absolute atomic E-state index is 0.0277. The fourth-order valence-electron chi connectivity index (χ4n) is 2.68. The number of aryl methyl sites for hydroxylation is 1. The van der Waals surface area contributed by atoms with E-state index in [1.165, 1.54) is 38.2 Å². The third-order valence-electron chi connectivity index (χ3n) is 4.22. The molecule has 3 heteroatoms. The average Bonchev–Trinajstić information content (AvgIpc) is 2.57. The van der Waals surface area contributed by atoms with Crippen molar-refractivity contribution in [3.8, 4) is 11.1 Å². The van der Waals surface area contributed by atoms with Crippen LogP contribution in [0, 0.1) is 24.4 Å². The molecule has 0 spiro atoms. The molecule has 0 unspecified atom stereocenters. The first-order chi connectivity index (χ1) is 11.0. The summed E-state index contributed by atoms with van der Waals surface area (Å²) in [6.07, 6.45) is 7.05. The molecule has 0 amide bonds. The smallest absolute Gasteiger partial charge is 0.167 e. The zero-order valence-electron chi connectivity index (χ0n) is 13.8. The molecule has 124 valence electrons. The molecule has 23 heavy (non-hydrogen) atoms. The lowest BCUT2D eigenvalue weighted by Crippen LogP contribution is -1.97. The summed E-state index contributed by atoms with van der Waals surface area (Å²) < 4.78 is 41.3. The zero-order valence-corrected chi connectivity index (χ0v) is 13.8. The quantitative estimate of drug-likeness (QED) is 0.398. The third kappa shape index (κ3) is 4.37. The fraction of sp³-hybridized carbons (Fsp3) is 0.400. The Bertz CT molecular complexity index is 645. The van der Waals surface area contributed by atoms with E-state index >= 15 is 0 Å². The Morgan fingerprint density at radius 3 is 2.13 bits per heavy atom. The molecule has 0 heterocycles. The van der Waals surface area contributed by atoms with Crippen LogP contribution in [0.2, 0.25) is 0 Å². The molecule has 0 saturated heterocycles. The van der Waals surface area contributed by atoms with Gasteiger partial charge in [0.1, 0.15) is 5.82 Å². The Balaban J connectivity index is 2.08. The number of hydrogen-bond donors (Lipinski definition) is 0. The zero-order chi connectivity index (χ0) is 16.8. The Morgan fingerprint density at radius 2 is 1.48 bits per heavy atom. The molecular formula is C20H23F3. The van der Waals surface area contributed by atoms with E-state index in [0.29, 0.717) is 5.56 Å². The average molecular weight is 320 g/mol. The minimum atomic E-state index is -1.11. The van der Waals surface area contributed by atoms with Gasteiger partial charge in [-0.15, -0.1) is 0 Å². The van der Waals surface area contributed by atoms with Crippen molar-refractivity contribution < 1.29 is 13.2 Å². The van der Waals surface area contributed by atoms with Gasteiger partial charge in [0.05, 0.1) is 0 Å². The van der Waals surface area contributed by atoms with Crippen molar-refractivity contribution in [3.63, 3.8) is 0 Å². The van der Waals surface area contributed by atoms with Crippen LogP contribution in [-0.2, 0) is 6.42 Å². The number of rotatable bonds is 7. The van der Waals surface area contributed by atoms with Gasteiger partial charge in [0.15, 0.2) is 11.6 Å². The van der Waals surface area contributed by atoms with E-state index in [-0.39, 0.29) is 11.1 Å². The maximum atomic E-state index is 14.0. The minimum Gasteiger partial charge on any atom is -0.207 e. The van der Waals surface area contributed by atoms with Crippen molar-refractivity contribution in [2.24, 2.45) is 0 Å². The van der Waals surface area contributed by atoms with Crippen molar-refractivity contribution in [1.82, 2.24) is 0 Å². The molecule has 0 aromatic heterocycles. The van der Waals surface area contributed by atoms with Gasteiger partial charge < -0.3 is 0 Å². The predicted molar refractivity (Wildman–Crippen MR) is 89.0 cm³/mol. The molecule has 0 aliphatic heterocycles. The van der Waals surface area contributed by atoms with Crippen LogP contribution in [0.4, 0.5) is 13.2 Å². The van der Waals surface area contributed by atoms with Crippen LogP contribution < -0.4 is 0 Å². The van der Waals surface area contributed by atoms with Gasteiger partial charge in [-0.1, -0.05) is 56.9 Å². The summed E-state index contributed by atoms with van der Waals surface area (Å²) in [7, 11) is 0. The summed E-state index contributed by atoms with van der Waals surface area (Å²) in [5, 5.41) is 0. The molecule has 0 saturated carbocycles. The van der Waals surface area contributed by atoms with Gasteiger partial charge in [-0.3, -0.25) is 0 Å². The van der Waals surface area contributed by atoms with Crippen molar-refractivity contribution in [2.75, 3.05) is 0 Å². The largest absolute Gasteiger partial charge is 0.207 e. The second kappa shape index (κ2) is 8.19. The highest BCUT2D eigenvalue weighted by Crippen LogP contribution is 2.28. The SMILES string of the molecule is CCCCCCCc1ccc(-c2cc(F)c(C)c(F)c2F)cc1. The highest BCUT2D eigenvalue weighted by molar-refractivity contribution is 5.65. The third-order valence-corrected chi connectivity index (χ3v) is 4.22. The Labute approximate surface area is 136 Å². The van der Waals surface area contributed by atoms with Crippen LogP contribution in [-0.4, -0.2) is 0 Å². The van der Waals surface area contributed by atoms with Gasteiger partial charge in [0.2, 0.25) is 0 Å². The van der Waals surface area contributed by atoms with Crippen LogP contribution in [0.5, 0.6) is 0 Å². The van der Waals surface area contributed by atoms with E-state index in [4.69, 9.17) is 0 Å². The fourth-order valence-corrected chi connectivity index (χ4v) is 2.68. The summed E-state index contributed by atoms with van der Waals surface area (Å²) >= 11 is 0. The lowest BCUT2D eigenvalue weighted by molar-refractivity contribution is 0.489. The van der Waals surface area contributed by atoms with Crippen LogP contribution >= 0.6 is 0 Å². The van der Waals surface area contributed by atoms with Crippen LogP contribution in [0.3, 0.4) is 0 Å². The maximum Gasteiger partial charge on any atom is 0.167 e. The summed E-state index contributed by atoms with van der Waals surface area (Å²) in [4.78, 5) is 0. The van der Waals surface area contributed by atoms with Gasteiger partial charge >= 0.3 is 0 Å². The highest BCUT2D eigenvalue weighted by Gasteiger charge is 2.16. The first kappa shape index (κ1) is 17.6. The molecule has 0 atom stereocenters. The molecule has 0 bridgehead atoms. The Kier molecular flexibility index (Phi) is 6.26. The summed E-state index contributed by atoms with van der Waals surface area (Å²) in [5.41, 5.74) is 1.35. The molecule has 0 radical (unpaired) electrons. The molecule has 0 aliphatic rings. The molecule has 2 rings (SSSR count).